The standard InChI is InChI=1S/C37H34N6O2/c1-27-40-22-30(23-41-27)13-16-36(44)43(25-29-11-14-32(15-12-29)34-24-38-18-19-39-34)35(21-28-7-3-2-4-8-28)37(45)42-20-17-31-9-5-6-10-33(31)26-42/h2-16,18-19,22-24,35H,17,20-21,25-26H2,1H3/t35-/m0/s1. The topological polar surface area (TPSA) is 92.2 Å². The van der Waals surface area contributed by atoms with E-state index in [1.807, 2.05) is 78.6 Å². The van der Waals surface area contributed by atoms with Crippen molar-refractivity contribution in [2.75, 3.05) is 6.54 Å². The third-order valence-electron chi connectivity index (χ3n) is 8.04. The molecule has 1 aliphatic heterocycles. The lowest BCUT2D eigenvalue weighted by Gasteiger charge is -2.37. The normalized spacial score (nSPS) is 13.3. The summed E-state index contributed by atoms with van der Waals surface area (Å²) in [6.45, 7) is 3.19. The summed E-state index contributed by atoms with van der Waals surface area (Å²) in [7, 11) is 0. The molecule has 0 aliphatic carbocycles. The zero-order valence-corrected chi connectivity index (χ0v) is 25.2. The first-order valence-electron chi connectivity index (χ1n) is 15.1. The van der Waals surface area contributed by atoms with Crippen LogP contribution in [0.15, 0.2) is 116 Å². The summed E-state index contributed by atoms with van der Waals surface area (Å²) in [5, 5.41) is 0. The van der Waals surface area contributed by atoms with Gasteiger partial charge in [-0.05, 0) is 41.7 Å². The Balaban J connectivity index is 1.34. The SMILES string of the molecule is Cc1ncc(C=CC(=O)N(Cc2ccc(-c3cnccn3)cc2)[C@@H](Cc2ccccc2)C(=O)N2CCc3ccccc3C2)cn1. The van der Waals surface area contributed by atoms with E-state index in [1.165, 1.54) is 11.6 Å². The Morgan fingerprint density at radius 1 is 0.844 bits per heavy atom. The van der Waals surface area contributed by atoms with Gasteiger partial charge in [-0.3, -0.25) is 19.6 Å². The molecule has 3 aromatic carbocycles. The summed E-state index contributed by atoms with van der Waals surface area (Å²) in [5.41, 5.74) is 6.70. The number of rotatable bonds is 9. The van der Waals surface area contributed by atoms with Gasteiger partial charge < -0.3 is 9.80 Å². The third kappa shape index (κ3) is 7.36. The second-order valence-electron chi connectivity index (χ2n) is 11.1. The Hall–Kier alpha value is -5.50. The van der Waals surface area contributed by atoms with Gasteiger partial charge in [0.15, 0.2) is 0 Å². The van der Waals surface area contributed by atoms with Crippen molar-refractivity contribution in [3.63, 3.8) is 0 Å². The van der Waals surface area contributed by atoms with Gasteiger partial charge in [-0.25, -0.2) is 9.97 Å². The van der Waals surface area contributed by atoms with E-state index >= 15 is 0 Å². The molecular weight excluding hydrogens is 560 g/mol. The molecule has 0 saturated heterocycles. The number of hydrogen-bond acceptors (Lipinski definition) is 6. The van der Waals surface area contributed by atoms with E-state index in [0.29, 0.717) is 30.9 Å². The number of carbonyl (C=O) groups is 2. The molecule has 0 spiro atoms. The summed E-state index contributed by atoms with van der Waals surface area (Å²) in [6.07, 6.45) is 12.8. The molecule has 1 atom stereocenters. The van der Waals surface area contributed by atoms with Crippen molar-refractivity contribution in [1.29, 1.82) is 0 Å². The Morgan fingerprint density at radius 2 is 1.58 bits per heavy atom. The van der Waals surface area contributed by atoms with E-state index in [2.05, 4.69) is 32.1 Å². The lowest BCUT2D eigenvalue weighted by molar-refractivity contribution is -0.144. The van der Waals surface area contributed by atoms with Gasteiger partial charge in [0.2, 0.25) is 11.8 Å². The predicted octanol–water partition coefficient (Wildman–Crippen LogP) is 5.48. The quantitative estimate of drug-likeness (QED) is 0.210. The van der Waals surface area contributed by atoms with Crippen molar-refractivity contribution >= 4 is 17.9 Å². The fourth-order valence-electron chi connectivity index (χ4n) is 5.58. The first kappa shape index (κ1) is 29.6. The molecule has 0 N–H and O–H groups in total. The van der Waals surface area contributed by atoms with Gasteiger partial charge in [0, 0.05) is 68.0 Å². The minimum atomic E-state index is -0.719. The fourth-order valence-corrected chi connectivity index (χ4v) is 5.58. The van der Waals surface area contributed by atoms with Gasteiger partial charge in [0.1, 0.15) is 11.9 Å². The van der Waals surface area contributed by atoms with Crippen molar-refractivity contribution in [2.45, 2.75) is 38.9 Å². The Morgan fingerprint density at radius 3 is 2.31 bits per heavy atom. The first-order valence-corrected chi connectivity index (χ1v) is 15.1. The van der Waals surface area contributed by atoms with E-state index < -0.39 is 6.04 Å². The van der Waals surface area contributed by atoms with Crippen LogP contribution < -0.4 is 0 Å². The minimum absolute atomic E-state index is 0.0649. The highest BCUT2D eigenvalue weighted by molar-refractivity contribution is 5.95. The fraction of sp³-hybridized carbons (Fsp3) is 0.189. The number of carbonyl (C=O) groups excluding carboxylic acids is 2. The van der Waals surface area contributed by atoms with Gasteiger partial charge in [0.25, 0.3) is 0 Å². The number of fused-ring (bicyclic) bond motifs is 1. The number of benzene rings is 3. The number of nitrogens with zero attached hydrogens (tertiary/aromatic N) is 6. The van der Waals surface area contributed by atoms with Crippen molar-refractivity contribution in [3.05, 3.63) is 150 Å². The molecule has 1 aliphatic rings. The third-order valence-corrected chi connectivity index (χ3v) is 8.04. The van der Waals surface area contributed by atoms with E-state index in [-0.39, 0.29) is 18.4 Å². The molecule has 8 nitrogen and oxygen atoms in total. The van der Waals surface area contributed by atoms with Crippen molar-refractivity contribution < 1.29 is 9.59 Å². The zero-order valence-electron chi connectivity index (χ0n) is 25.2. The molecule has 8 heteroatoms. The van der Waals surface area contributed by atoms with Gasteiger partial charge in [-0.2, -0.15) is 0 Å². The molecule has 5 aromatic rings. The average Bonchev–Trinajstić information content (AvgIpc) is 3.10. The molecular formula is C37H34N6O2. The van der Waals surface area contributed by atoms with Crippen molar-refractivity contribution in [1.82, 2.24) is 29.7 Å². The van der Waals surface area contributed by atoms with Gasteiger partial charge in [0.05, 0.1) is 11.9 Å². The summed E-state index contributed by atoms with van der Waals surface area (Å²) < 4.78 is 0. The first-order chi connectivity index (χ1) is 22.0. The molecule has 3 heterocycles. The molecule has 0 fully saturated rings. The molecule has 45 heavy (non-hydrogen) atoms. The van der Waals surface area contributed by atoms with Crippen LogP contribution in [0, 0.1) is 6.92 Å². The van der Waals surface area contributed by atoms with Gasteiger partial charge in [-0.1, -0.05) is 78.9 Å². The van der Waals surface area contributed by atoms with Gasteiger partial charge in [-0.15, -0.1) is 0 Å². The maximum atomic E-state index is 14.5. The Labute approximate surface area is 263 Å². The maximum absolute atomic E-state index is 14.5. The van der Waals surface area contributed by atoms with Crippen LogP contribution in [0.2, 0.25) is 0 Å². The molecule has 0 unspecified atom stereocenters. The van der Waals surface area contributed by atoms with E-state index in [4.69, 9.17) is 0 Å². The van der Waals surface area contributed by atoms with Crippen LogP contribution in [0.5, 0.6) is 0 Å². The number of aromatic nitrogens is 4. The summed E-state index contributed by atoms with van der Waals surface area (Å²) in [5.74, 6) is 0.326. The monoisotopic (exact) mass is 594 g/mol. The maximum Gasteiger partial charge on any atom is 0.247 e. The van der Waals surface area contributed by atoms with Crippen molar-refractivity contribution in [3.8, 4) is 11.3 Å². The predicted molar refractivity (Wildman–Crippen MR) is 173 cm³/mol. The Bertz CT molecular complexity index is 1770. The van der Waals surface area contributed by atoms with E-state index in [0.717, 1.165) is 34.4 Å². The van der Waals surface area contributed by atoms with Gasteiger partial charge >= 0.3 is 0 Å². The second kappa shape index (κ2) is 13.9. The summed E-state index contributed by atoms with van der Waals surface area (Å²) in [6, 6.07) is 25.3. The summed E-state index contributed by atoms with van der Waals surface area (Å²) >= 11 is 0. The van der Waals surface area contributed by atoms with Crippen LogP contribution >= 0.6 is 0 Å². The van der Waals surface area contributed by atoms with Crippen molar-refractivity contribution in [2.24, 2.45) is 0 Å². The Kier molecular flexibility index (Phi) is 9.11. The number of amides is 2. The molecule has 224 valence electrons. The van der Waals surface area contributed by atoms with Crippen LogP contribution in [-0.4, -0.2) is 54.1 Å². The molecule has 0 bridgehead atoms. The number of aryl methyl sites for hydroxylation is 1. The zero-order chi connectivity index (χ0) is 31.0. The second-order valence-corrected chi connectivity index (χ2v) is 11.1. The largest absolute Gasteiger partial charge is 0.336 e. The molecule has 6 rings (SSSR count). The van der Waals surface area contributed by atoms with Crippen LogP contribution in [0.4, 0.5) is 0 Å². The summed E-state index contributed by atoms with van der Waals surface area (Å²) in [4.78, 5) is 49.2. The van der Waals surface area contributed by atoms with Crippen LogP contribution in [0.1, 0.15) is 33.6 Å². The highest BCUT2D eigenvalue weighted by Gasteiger charge is 2.34. The lowest BCUT2D eigenvalue weighted by Crippen LogP contribution is -2.52. The van der Waals surface area contributed by atoms with Crippen LogP contribution in [0.25, 0.3) is 17.3 Å². The molecule has 2 amide bonds. The van der Waals surface area contributed by atoms with E-state index in [1.54, 1.807) is 42.0 Å². The van der Waals surface area contributed by atoms with Crippen LogP contribution in [-0.2, 0) is 35.5 Å². The molecule has 0 radical (unpaired) electrons. The highest BCUT2D eigenvalue weighted by Crippen LogP contribution is 2.24. The minimum Gasteiger partial charge on any atom is -0.336 e. The highest BCUT2D eigenvalue weighted by atomic mass is 16.2. The van der Waals surface area contributed by atoms with E-state index in [9.17, 15) is 9.59 Å². The smallest absolute Gasteiger partial charge is 0.247 e. The van der Waals surface area contributed by atoms with Crippen LogP contribution in [0.3, 0.4) is 0 Å². The average molecular weight is 595 g/mol. The molecule has 2 aromatic heterocycles. The number of hydrogen-bond donors (Lipinski definition) is 0. The molecule has 0 saturated carbocycles. The lowest BCUT2D eigenvalue weighted by atomic mass is 9.97.